The topological polar surface area (TPSA) is 58.4 Å². The second-order valence-corrected chi connectivity index (χ2v) is 9.54. The molecule has 3 aromatic rings. The van der Waals surface area contributed by atoms with Crippen LogP contribution in [-0.4, -0.2) is 34.4 Å². The number of piperidine rings is 1. The standard InChI is InChI=1S/C26H28N4OS/c31-25(12-10-22-17-21-18-28-24-7-4-8-26(32-22)30(21)24)29-23(20-13-15-27-16-14-20)11-9-19-5-2-1-3-6-19/h1-8,10,12,17-18,20,23,27H,9,11,13-16H2,(H,29,31)/b12-10-. The van der Waals surface area contributed by atoms with Crippen LogP contribution in [0.25, 0.3) is 11.7 Å². The molecule has 1 amide bonds. The van der Waals surface area contributed by atoms with E-state index in [0.29, 0.717) is 5.92 Å². The summed E-state index contributed by atoms with van der Waals surface area (Å²) in [5, 5.41) is 7.88. The number of allylic oxidation sites excluding steroid dienone is 1. The van der Waals surface area contributed by atoms with E-state index in [1.165, 1.54) is 5.56 Å². The van der Waals surface area contributed by atoms with E-state index >= 15 is 0 Å². The van der Waals surface area contributed by atoms with Crippen molar-refractivity contribution in [2.45, 2.75) is 36.8 Å². The molecule has 0 radical (unpaired) electrons. The van der Waals surface area contributed by atoms with Gasteiger partial charge in [-0.05, 0) is 74.5 Å². The Balaban J connectivity index is 1.25. The Morgan fingerprint density at radius 2 is 2.03 bits per heavy atom. The number of nitrogens with zero attached hydrogens (tertiary/aromatic N) is 2. The molecule has 1 unspecified atom stereocenters. The molecule has 1 aromatic carbocycles. The first-order chi connectivity index (χ1) is 15.8. The highest BCUT2D eigenvalue weighted by Crippen LogP contribution is 2.34. The van der Waals surface area contributed by atoms with Gasteiger partial charge in [-0.15, -0.1) is 0 Å². The molecule has 4 heterocycles. The number of pyridine rings is 1. The molecule has 5 rings (SSSR count). The average molecular weight is 445 g/mol. The SMILES string of the molecule is O=C(/C=C\C1=Cc2cnc3cccc(n23)S1)NC(CCc1ccccc1)C1CCNCC1. The third-order valence-corrected chi connectivity index (χ3v) is 7.32. The number of carbonyl (C=O) groups is 1. The molecule has 2 N–H and O–H groups in total. The van der Waals surface area contributed by atoms with Crippen molar-refractivity contribution in [3.05, 3.63) is 83.0 Å². The summed E-state index contributed by atoms with van der Waals surface area (Å²) in [6.07, 6.45) is 11.7. The molecule has 0 saturated carbocycles. The third-order valence-electron chi connectivity index (χ3n) is 6.30. The number of benzene rings is 1. The monoisotopic (exact) mass is 444 g/mol. The van der Waals surface area contributed by atoms with Crippen LogP contribution in [0.1, 0.15) is 30.5 Å². The van der Waals surface area contributed by atoms with Crippen molar-refractivity contribution in [1.29, 1.82) is 0 Å². The molecule has 32 heavy (non-hydrogen) atoms. The number of amides is 1. The van der Waals surface area contributed by atoms with Crippen LogP contribution in [0, 0.1) is 5.92 Å². The van der Waals surface area contributed by atoms with Gasteiger partial charge in [0.25, 0.3) is 0 Å². The maximum absolute atomic E-state index is 12.9. The van der Waals surface area contributed by atoms with Gasteiger partial charge in [-0.2, -0.15) is 0 Å². The van der Waals surface area contributed by atoms with E-state index < -0.39 is 0 Å². The van der Waals surface area contributed by atoms with Crippen LogP contribution >= 0.6 is 11.8 Å². The zero-order valence-electron chi connectivity index (χ0n) is 18.0. The fraction of sp³-hybridized carbons (Fsp3) is 0.308. The van der Waals surface area contributed by atoms with Crippen LogP contribution < -0.4 is 10.6 Å². The summed E-state index contributed by atoms with van der Waals surface area (Å²) in [6, 6.07) is 16.8. The summed E-state index contributed by atoms with van der Waals surface area (Å²) in [7, 11) is 0. The van der Waals surface area contributed by atoms with Gasteiger partial charge in [0.05, 0.1) is 16.9 Å². The molecule has 2 aliphatic rings. The lowest BCUT2D eigenvalue weighted by molar-refractivity contribution is -0.117. The molecule has 164 valence electrons. The quantitative estimate of drug-likeness (QED) is 0.529. The molecule has 0 aliphatic carbocycles. The maximum Gasteiger partial charge on any atom is 0.244 e. The first kappa shape index (κ1) is 21.0. The fourth-order valence-corrected chi connectivity index (χ4v) is 5.61. The predicted octanol–water partition coefficient (Wildman–Crippen LogP) is 4.45. The van der Waals surface area contributed by atoms with Crippen LogP contribution in [0.15, 0.2) is 76.8 Å². The molecule has 5 nitrogen and oxygen atoms in total. The summed E-state index contributed by atoms with van der Waals surface area (Å²) in [5.74, 6) is 0.507. The van der Waals surface area contributed by atoms with E-state index in [1.807, 2.05) is 30.5 Å². The number of aryl methyl sites for hydroxylation is 1. The van der Waals surface area contributed by atoms with Gasteiger partial charge in [0.1, 0.15) is 5.65 Å². The van der Waals surface area contributed by atoms with E-state index in [4.69, 9.17) is 0 Å². The number of rotatable bonds is 7. The Kier molecular flexibility index (Phi) is 6.41. The first-order valence-corrected chi connectivity index (χ1v) is 12.2. The van der Waals surface area contributed by atoms with Crippen LogP contribution in [0.3, 0.4) is 0 Å². The van der Waals surface area contributed by atoms with Crippen molar-refractivity contribution in [2.75, 3.05) is 13.1 Å². The molecule has 0 spiro atoms. The van der Waals surface area contributed by atoms with Gasteiger partial charge < -0.3 is 10.6 Å². The Labute approximate surface area is 193 Å². The van der Waals surface area contributed by atoms with Crippen LogP contribution in [0.4, 0.5) is 0 Å². The smallest absolute Gasteiger partial charge is 0.244 e. The molecule has 2 aromatic heterocycles. The van der Waals surface area contributed by atoms with Crippen LogP contribution in [0.5, 0.6) is 0 Å². The van der Waals surface area contributed by atoms with E-state index in [9.17, 15) is 4.79 Å². The minimum absolute atomic E-state index is 0.0135. The highest BCUT2D eigenvalue weighted by molar-refractivity contribution is 8.03. The van der Waals surface area contributed by atoms with E-state index in [2.05, 4.69) is 56.4 Å². The lowest BCUT2D eigenvalue weighted by Gasteiger charge is -2.31. The zero-order valence-corrected chi connectivity index (χ0v) is 18.9. The van der Waals surface area contributed by atoms with Crippen molar-refractivity contribution >= 4 is 29.4 Å². The number of imidazole rings is 1. The van der Waals surface area contributed by atoms with Gasteiger partial charge in [0, 0.05) is 17.0 Å². The molecule has 1 atom stereocenters. The minimum atomic E-state index is -0.0135. The minimum Gasteiger partial charge on any atom is -0.350 e. The first-order valence-electron chi connectivity index (χ1n) is 11.4. The number of hydrogen-bond donors (Lipinski definition) is 2. The summed E-state index contributed by atoms with van der Waals surface area (Å²) >= 11 is 1.66. The van der Waals surface area contributed by atoms with Crippen molar-refractivity contribution in [3.8, 4) is 0 Å². The molecule has 0 bridgehead atoms. The average Bonchev–Trinajstić information content (AvgIpc) is 3.26. The van der Waals surface area contributed by atoms with Crippen molar-refractivity contribution < 1.29 is 4.79 Å². The summed E-state index contributed by atoms with van der Waals surface area (Å²) in [5.41, 5.74) is 3.32. The van der Waals surface area contributed by atoms with Gasteiger partial charge in [0.15, 0.2) is 0 Å². The highest BCUT2D eigenvalue weighted by Gasteiger charge is 2.24. The van der Waals surface area contributed by atoms with Gasteiger partial charge in [0.2, 0.25) is 5.91 Å². The third kappa shape index (κ3) is 4.81. The van der Waals surface area contributed by atoms with Gasteiger partial charge in [-0.1, -0.05) is 48.2 Å². The number of thioether (sulfide) groups is 1. The zero-order chi connectivity index (χ0) is 21.8. The van der Waals surface area contributed by atoms with Gasteiger partial charge >= 0.3 is 0 Å². The normalized spacial score (nSPS) is 17.4. The van der Waals surface area contributed by atoms with Crippen LogP contribution in [-0.2, 0) is 11.2 Å². The molecule has 2 aliphatic heterocycles. The Bertz CT molecular complexity index is 1150. The maximum atomic E-state index is 12.9. The van der Waals surface area contributed by atoms with Crippen molar-refractivity contribution in [1.82, 2.24) is 20.0 Å². The van der Waals surface area contributed by atoms with Crippen LogP contribution in [0.2, 0.25) is 0 Å². The Morgan fingerprint density at radius 3 is 2.88 bits per heavy atom. The number of hydrogen-bond acceptors (Lipinski definition) is 4. The molecular formula is C26H28N4OS. The second-order valence-electron chi connectivity index (χ2n) is 8.45. The molecular weight excluding hydrogens is 416 g/mol. The largest absolute Gasteiger partial charge is 0.350 e. The van der Waals surface area contributed by atoms with Crippen molar-refractivity contribution in [2.24, 2.45) is 5.92 Å². The van der Waals surface area contributed by atoms with Crippen molar-refractivity contribution in [3.63, 3.8) is 0 Å². The Morgan fingerprint density at radius 1 is 1.19 bits per heavy atom. The van der Waals surface area contributed by atoms with E-state index in [0.717, 1.165) is 60.0 Å². The van der Waals surface area contributed by atoms with Gasteiger partial charge in [-0.25, -0.2) is 4.98 Å². The Hall–Kier alpha value is -2.83. The second kappa shape index (κ2) is 9.76. The number of nitrogens with one attached hydrogen (secondary N) is 2. The summed E-state index contributed by atoms with van der Waals surface area (Å²) in [6.45, 7) is 2.06. The molecule has 1 saturated heterocycles. The van der Waals surface area contributed by atoms with E-state index in [-0.39, 0.29) is 11.9 Å². The number of aromatic nitrogens is 2. The lowest BCUT2D eigenvalue weighted by Crippen LogP contribution is -2.44. The fourth-order valence-electron chi connectivity index (χ4n) is 4.62. The predicted molar refractivity (Wildman–Crippen MR) is 130 cm³/mol. The number of carbonyl (C=O) groups excluding carboxylic acids is 1. The highest BCUT2D eigenvalue weighted by atomic mass is 32.2. The van der Waals surface area contributed by atoms with Gasteiger partial charge in [-0.3, -0.25) is 9.20 Å². The molecule has 6 heteroatoms. The lowest BCUT2D eigenvalue weighted by atomic mass is 9.86. The van der Waals surface area contributed by atoms with E-state index in [1.54, 1.807) is 17.8 Å². The summed E-state index contributed by atoms with van der Waals surface area (Å²) in [4.78, 5) is 18.4. The summed E-state index contributed by atoms with van der Waals surface area (Å²) < 4.78 is 2.14. The molecule has 1 fully saturated rings.